The van der Waals surface area contributed by atoms with Crippen LogP contribution in [-0.4, -0.2) is 87.1 Å². The first-order chi connectivity index (χ1) is 18.9. The van der Waals surface area contributed by atoms with Crippen LogP contribution >= 0.6 is 0 Å². The van der Waals surface area contributed by atoms with Gasteiger partial charge < -0.3 is 29.2 Å². The van der Waals surface area contributed by atoms with Gasteiger partial charge in [0.05, 0.1) is 18.1 Å². The highest BCUT2D eigenvalue weighted by Crippen LogP contribution is 2.33. The molecular weight excluding hydrogens is 531 g/mol. The minimum atomic E-state index is -4.28. The predicted octanol–water partition coefficient (Wildman–Crippen LogP) is 4.43. The SMILES string of the molecule is CO[C@@H]1CN(C)C(=O)c2cc(NC(=O)c3ccc4c(c3)OCO4)ccc2OC[C@@H](C)N(CCC(F)(F)F)C[C@@H]1C. The van der Waals surface area contributed by atoms with Gasteiger partial charge in [-0.15, -0.1) is 0 Å². The number of halogens is 3. The van der Waals surface area contributed by atoms with Crippen molar-refractivity contribution < 1.29 is 41.7 Å². The third-order valence-corrected chi connectivity index (χ3v) is 7.15. The molecule has 2 aromatic carbocycles. The van der Waals surface area contributed by atoms with Crippen molar-refractivity contribution in [3.8, 4) is 17.2 Å². The first-order valence-electron chi connectivity index (χ1n) is 13.0. The van der Waals surface area contributed by atoms with Gasteiger partial charge in [-0.25, -0.2) is 0 Å². The number of ether oxygens (including phenoxy) is 4. The van der Waals surface area contributed by atoms with Crippen LogP contribution < -0.4 is 19.5 Å². The van der Waals surface area contributed by atoms with Crippen LogP contribution in [0.5, 0.6) is 17.2 Å². The van der Waals surface area contributed by atoms with Crippen molar-refractivity contribution in [1.82, 2.24) is 9.80 Å². The molecule has 0 unspecified atom stereocenters. The van der Waals surface area contributed by atoms with E-state index in [-0.39, 0.29) is 55.7 Å². The number of amides is 2. The Morgan fingerprint density at radius 1 is 1.05 bits per heavy atom. The molecule has 2 aliphatic heterocycles. The summed E-state index contributed by atoms with van der Waals surface area (Å²) in [5.41, 5.74) is 0.930. The lowest BCUT2D eigenvalue weighted by Crippen LogP contribution is -2.47. The standard InChI is InChI=1S/C28H34F3N3O6/c1-17-13-34(10-9-28(29,30)31)18(2)15-38-22-8-6-20(12-21(22)27(36)33(3)14-25(17)37-4)32-26(35)19-5-7-23-24(11-19)40-16-39-23/h5-8,11-12,17-18,25H,9-10,13-16H2,1-4H3,(H,32,35)/t17-,18+,25+/m0/s1. The van der Waals surface area contributed by atoms with Gasteiger partial charge in [-0.2, -0.15) is 13.2 Å². The number of rotatable bonds is 5. The van der Waals surface area contributed by atoms with Crippen LogP contribution in [0.2, 0.25) is 0 Å². The smallest absolute Gasteiger partial charge is 0.390 e. The summed E-state index contributed by atoms with van der Waals surface area (Å²) in [6, 6.07) is 9.17. The van der Waals surface area contributed by atoms with Crippen molar-refractivity contribution in [2.45, 2.75) is 38.6 Å². The van der Waals surface area contributed by atoms with Crippen LogP contribution in [0.15, 0.2) is 36.4 Å². The Kier molecular flexibility index (Phi) is 9.09. The van der Waals surface area contributed by atoms with Gasteiger partial charge in [0.2, 0.25) is 6.79 Å². The molecule has 1 N–H and O–H groups in total. The predicted molar refractivity (Wildman–Crippen MR) is 141 cm³/mol. The number of anilines is 1. The van der Waals surface area contributed by atoms with E-state index >= 15 is 0 Å². The molecule has 0 bridgehead atoms. The molecule has 0 fully saturated rings. The van der Waals surface area contributed by atoms with Gasteiger partial charge in [-0.3, -0.25) is 14.5 Å². The van der Waals surface area contributed by atoms with Crippen molar-refractivity contribution in [2.24, 2.45) is 5.92 Å². The molecule has 0 spiro atoms. The van der Waals surface area contributed by atoms with E-state index in [1.54, 1.807) is 49.2 Å². The second-order valence-corrected chi connectivity index (χ2v) is 10.2. The summed E-state index contributed by atoms with van der Waals surface area (Å²) >= 11 is 0. The molecule has 40 heavy (non-hydrogen) atoms. The van der Waals surface area contributed by atoms with Gasteiger partial charge in [0.1, 0.15) is 12.4 Å². The van der Waals surface area contributed by atoms with Crippen molar-refractivity contribution >= 4 is 17.5 Å². The van der Waals surface area contributed by atoms with Gasteiger partial charge in [-0.05, 0) is 49.2 Å². The number of nitrogens with one attached hydrogen (secondary N) is 1. The van der Waals surface area contributed by atoms with E-state index in [0.717, 1.165) is 0 Å². The number of carbonyl (C=O) groups excluding carboxylic acids is 2. The molecule has 3 atom stereocenters. The molecule has 9 nitrogen and oxygen atoms in total. The first-order valence-corrected chi connectivity index (χ1v) is 13.0. The number of methoxy groups -OCH3 is 1. The zero-order valence-electron chi connectivity index (χ0n) is 22.9. The monoisotopic (exact) mass is 565 g/mol. The Hall–Kier alpha value is -3.51. The average Bonchev–Trinajstić information content (AvgIpc) is 3.39. The topological polar surface area (TPSA) is 89.6 Å². The lowest BCUT2D eigenvalue weighted by atomic mass is 10.0. The van der Waals surface area contributed by atoms with Gasteiger partial charge in [0.15, 0.2) is 11.5 Å². The van der Waals surface area contributed by atoms with Crippen LogP contribution in [0.3, 0.4) is 0 Å². The largest absolute Gasteiger partial charge is 0.491 e. The van der Waals surface area contributed by atoms with Crippen LogP contribution in [0.25, 0.3) is 0 Å². The number of hydrogen-bond acceptors (Lipinski definition) is 7. The van der Waals surface area contributed by atoms with E-state index in [2.05, 4.69) is 5.32 Å². The van der Waals surface area contributed by atoms with Crippen molar-refractivity contribution in [1.29, 1.82) is 0 Å². The number of hydrogen-bond donors (Lipinski definition) is 1. The Morgan fingerprint density at radius 3 is 2.50 bits per heavy atom. The van der Waals surface area contributed by atoms with E-state index in [4.69, 9.17) is 18.9 Å². The fourth-order valence-corrected chi connectivity index (χ4v) is 4.75. The average molecular weight is 566 g/mol. The van der Waals surface area contributed by atoms with Gasteiger partial charge in [-0.1, -0.05) is 6.92 Å². The van der Waals surface area contributed by atoms with Gasteiger partial charge >= 0.3 is 6.18 Å². The van der Waals surface area contributed by atoms with Crippen LogP contribution in [-0.2, 0) is 4.74 Å². The molecule has 2 amide bonds. The number of benzene rings is 2. The van der Waals surface area contributed by atoms with Crippen LogP contribution in [0, 0.1) is 5.92 Å². The first kappa shape index (κ1) is 29.5. The van der Waals surface area contributed by atoms with Crippen molar-refractivity contribution in [3.63, 3.8) is 0 Å². The zero-order chi connectivity index (χ0) is 29.0. The summed E-state index contributed by atoms with van der Waals surface area (Å²) in [6.45, 7) is 4.22. The van der Waals surface area contributed by atoms with E-state index in [9.17, 15) is 22.8 Å². The maximum atomic E-state index is 13.5. The molecule has 4 rings (SSSR count). The summed E-state index contributed by atoms with van der Waals surface area (Å²) in [4.78, 5) is 29.7. The highest BCUT2D eigenvalue weighted by molar-refractivity contribution is 6.06. The normalized spacial score (nSPS) is 22.1. The molecule has 0 radical (unpaired) electrons. The fourth-order valence-electron chi connectivity index (χ4n) is 4.75. The third-order valence-electron chi connectivity index (χ3n) is 7.15. The molecule has 2 aliphatic rings. The quantitative estimate of drug-likeness (QED) is 0.574. The highest BCUT2D eigenvalue weighted by atomic mass is 19.4. The Balaban J connectivity index is 1.59. The lowest BCUT2D eigenvalue weighted by molar-refractivity contribution is -0.140. The second kappa shape index (κ2) is 12.3. The molecule has 218 valence electrons. The van der Waals surface area contributed by atoms with E-state index < -0.39 is 24.6 Å². The summed E-state index contributed by atoms with van der Waals surface area (Å²) in [7, 11) is 3.15. The van der Waals surface area contributed by atoms with E-state index in [1.165, 1.54) is 18.1 Å². The lowest BCUT2D eigenvalue weighted by Gasteiger charge is -2.36. The fraction of sp³-hybridized carbons (Fsp3) is 0.500. The summed E-state index contributed by atoms with van der Waals surface area (Å²) < 4.78 is 61.4. The summed E-state index contributed by atoms with van der Waals surface area (Å²) in [5, 5.41) is 2.79. The Bertz CT molecular complexity index is 1220. The number of likely N-dealkylation sites (N-methyl/N-ethyl adjacent to an activating group) is 1. The molecule has 0 aromatic heterocycles. The van der Waals surface area contributed by atoms with Crippen LogP contribution in [0.1, 0.15) is 41.0 Å². The minimum Gasteiger partial charge on any atom is -0.491 e. The molecule has 0 saturated carbocycles. The van der Waals surface area contributed by atoms with Crippen molar-refractivity contribution in [3.05, 3.63) is 47.5 Å². The number of fused-ring (bicyclic) bond motifs is 2. The Labute approximate surface area is 231 Å². The Morgan fingerprint density at radius 2 is 1.77 bits per heavy atom. The summed E-state index contributed by atoms with van der Waals surface area (Å²) in [6.07, 6.45) is -5.63. The van der Waals surface area contributed by atoms with Crippen molar-refractivity contribution in [2.75, 3.05) is 52.5 Å². The molecule has 0 aliphatic carbocycles. The minimum absolute atomic E-state index is 0.0646. The summed E-state index contributed by atoms with van der Waals surface area (Å²) in [5.74, 6) is 0.374. The number of nitrogens with zero attached hydrogens (tertiary/aromatic N) is 2. The third kappa shape index (κ3) is 7.16. The maximum absolute atomic E-state index is 13.5. The molecular formula is C28H34F3N3O6. The maximum Gasteiger partial charge on any atom is 0.390 e. The van der Waals surface area contributed by atoms with Gasteiger partial charge in [0, 0.05) is 51.1 Å². The zero-order valence-corrected chi connectivity index (χ0v) is 22.9. The highest BCUT2D eigenvalue weighted by Gasteiger charge is 2.32. The molecule has 2 heterocycles. The second-order valence-electron chi connectivity index (χ2n) is 10.2. The molecule has 12 heteroatoms. The van der Waals surface area contributed by atoms with E-state index in [1.807, 2.05) is 6.92 Å². The number of alkyl halides is 3. The number of carbonyl (C=O) groups is 2. The molecule has 0 saturated heterocycles. The van der Waals surface area contributed by atoms with E-state index in [0.29, 0.717) is 29.3 Å². The van der Waals surface area contributed by atoms with Gasteiger partial charge in [0.25, 0.3) is 11.8 Å². The molecule has 2 aromatic rings. The van der Waals surface area contributed by atoms with Crippen LogP contribution in [0.4, 0.5) is 18.9 Å².